The number of hydrogen-bond acceptors (Lipinski definition) is 2. The van der Waals surface area contributed by atoms with Gasteiger partial charge in [-0.25, -0.2) is 9.97 Å². The Morgan fingerprint density at radius 3 is 2.69 bits per heavy atom. The van der Waals surface area contributed by atoms with Crippen LogP contribution in [0.2, 0.25) is 0 Å². The first-order valence-electron chi connectivity index (χ1n) is 4.57. The Morgan fingerprint density at radius 2 is 2.08 bits per heavy atom. The molecule has 2 heteroatoms. The fourth-order valence-electron chi connectivity index (χ4n) is 1.53. The van der Waals surface area contributed by atoms with Gasteiger partial charge in [0.1, 0.15) is 6.33 Å². The smallest absolute Gasteiger partial charge is 0.115 e. The molecule has 0 atom stereocenters. The van der Waals surface area contributed by atoms with Crippen LogP contribution in [0.4, 0.5) is 0 Å². The van der Waals surface area contributed by atoms with Crippen molar-refractivity contribution < 1.29 is 0 Å². The zero-order valence-electron chi connectivity index (χ0n) is 8.33. The van der Waals surface area contributed by atoms with E-state index in [1.165, 1.54) is 16.8 Å². The molecule has 0 unspecified atom stereocenters. The van der Waals surface area contributed by atoms with E-state index in [9.17, 15) is 0 Å². The van der Waals surface area contributed by atoms with Crippen molar-refractivity contribution in [2.75, 3.05) is 0 Å². The van der Waals surface area contributed by atoms with E-state index in [0.29, 0.717) is 0 Å². The highest BCUT2D eigenvalue weighted by Gasteiger charge is 2.23. The molecule has 0 aliphatic heterocycles. The summed E-state index contributed by atoms with van der Waals surface area (Å²) in [5, 5.41) is 0. The van der Waals surface area contributed by atoms with Crippen LogP contribution in [0.5, 0.6) is 0 Å². The Hall–Kier alpha value is -1.18. The normalized spacial score (nSPS) is 15.5. The molecule has 1 aromatic rings. The average molecular weight is 174 g/mol. The van der Waals surface area contributed by atoms with Crippen molar-refractivity contribution in [2.24, 2.45) is 5.41 Å². The number of nitrogens with zero attached hydrogens (tertiary/aromatic N) is 2. The fourth-order valence-corrected chi connectivity index (χ4v) is 1.53. The van der Waals surface area contributed by atoms with Crippen LogP contribution in [0.15, 0.2) is 18.1 Å². The maximum absolute atomic E-state index is 4.26. The monoisotopic (exact) mass is 174 g/mol. The highest BCUT2D eigenvalue weighted by Crippen LogP contribution is 2.34. The van der Waals surface area contributed by atoms with Crippen molar-refractivity contribution in [1.82, 2.24) is 9.97 Å². The van der Waals surface area contributed by atoms with Gasteiger partial charge in [0, 0.05) is 18.2 Å². The van der Waals surface area contributed by atoms with E-state index < -0.39 is 0 Å². The Kier molecular flexibility index (Phi) is 1.72. The first-order chi connectivity index (χ1) is 6.07. The zero-order valence-corrected chi connectivity index (χ0v) is 8.33. The molecular formula is C11H14N2. The van der Waals surface area contributed by atoms with Gasteiger partial charge < -0.3 is 0 Å². The topological polar surface area (TPSA) is 25.8 Å². The van der Waals surface area contributed by atoms with E-state index in [2.05, 4.69) is 36.8 Å². The number of rotatable bonds is 0. The van der Waals surface area contributed by atoms with E-state index in [1.54, 1.807) is 6.33 Å². The minimum absolute atomic E-state index is 0.251. The number of allylic oxidation sites excluding steroid dienone is 1. The largest absolute Gasteiger partial charge is 0.244 e. The van der Waals surface area contributed by atoms with Crippen LogP contribution in [-0.4, -0.2) is 9.97 Å². The van der Waals surface area contributed by atoms with E-state index in [-0.39, 0.29) is 5.41 Å². The molecule has 0 radical (unpaired) electrons. The summed E-state index contributed by atoms with van der Waals surface area (Å²) in [6.45, 7) is 6.70. The van der Waals surface area contributed by atoms with Gasteiger partial charge in [-0.1, -0.05) is 32.4 Å². The molecule has 1 heterocycles. The van der Waals surface area contributed by atoms with Crippen LogP contribution in [0, 0.1) is 5.41 Å². The molecule has 0 amide bonds. The van der Waals surface area contributed by atoms with Crippen molar-refractivity contribution in [3.8, 4) is 0 Å². The minimum Gasteiger partial charge on any atom is -0.244 e. The third-order valence-corrected chi connectivity index (χ3v) is 2.48. The number of fused-ring (bicyclic) bond motifs is 1. The summed E-state index contributed by atoms with van der Waals surface area (Å²) >= 11 is 0. The molecule has 0 spiro atoms. The molecule has 68 valence electrons. The third kappa shape index (κ3) is 1.48. The number of hydrogen-bond donors (Lipinski definition) is 0. The molecule has 2 nitrogen and oxygen atoms in total. The van der Waals surface area contributed by atoms with Gasteiger partial charge in [-0.05, 0) is 5.41 Å². The highest BCUT2D eigenvalue weighted by molar-refractivity contribution is 5.62. The standard InChI is InChI=1S/C11H14N2/c1-11(2,3)9-4-8-6-12-7-13-10(8)5-9/h4,6-7H,5H2,1-3H3. The summed E-state index contributed by atoms with van der Waals surface area (Å²) in [5.41, 5.74) is 4.05. The second-order valence-corrected chi connectivity index (χ2v) is 4.52. The van der Waals surface area contributed by atoms with Gasteiger partial charge in [0.05, 0.1) is 5.69 Å². The Balaban J connectivity index is 2.37. The maximum Gasteiger partial charge on any atom is 0.115 e. The summed E-state index contributed by atoms with van der Waals surface area (Å²) in [6, 6.07) is 0. The predicted octanol–water partition coefficient (Wildman–Crippen LogP) is 2.46. The van der Waals surface area contributed by atoms with Gasteiger partial charge >= 0.3 is 0 Å². The number of aromatic nitrogens is 2. The summed E-state index contributed by atoms with van der Waals surface area (Å²) in [4.78, 5) is 8.28. The first-order valence-corrected chi connectivity index (χ1v) is 4.57. The van der Waals surface area contributed by atoms with Crippen LogP contribution >= 0.6 is 0 Å². The lowest BCUT2D eigenvalue weighted by Crippen LogP contribution is -2.09. The lowest BCUT2D eigenvalue weighted by atomic mass is 9.86. The Morgan fingerprint density at radius 1 is 1.31 bits per heavy atom. The van der Waals surface area contributed by atoms with Crippen molar-refractivity contribution in [3.05, 3.63) is 29.4 Å². The first kappa shape index (κ1) is 8.42. The van der Waals surface area contributed by atoms with Gasteiger partial charge in [0.15, 0.2) is 0 Å². The molecule has 0 bridgehead atoms. The molecule has 1 aliphatic rings. The van der Waals surface area contributed by atoms with Gasteiger partial charge in [0.2, 0.25) is 0 Å². The third-order valence-electron chi connectivity index (χ3n) is 2.48. The van der Waals surface area contributed by atoms with Gasteiger partial charge in [-0.15, -0.1) is 0 Å². The van der Waals surface area contributed by atoms with Gasteiger partial charge in [-0.3, -0.25) is 0 Å². The maximum atomic E-state index is 4.26. The van der Waals surface area contributed by atoms with Crippen molar-refractivity contribution in [1.29, 1.82) is 0 Å². The summed E-state index contributed by atoms with van der Waals surface area (Å²) < 4.78 is 0. The molecule has 0 N–H and O–H groups in total. The van der Waals surface area contributed by atoms with E-state index in [4.69, 9.17) is 0 Å². The summed E-state index contributed by atoms with van der Waals surface area (Å²) in [6.07, 6.45) is 6.72. The molecule has 0 saturated heterocycles. The molecule has 1 aromatic heterocycles. The average Bonchev–Trinajstić information content (AvgIpc) is 2.45. The quantitative estimate of drug-likeness (QED) is 0.603. The van der Waals surface area contributed by atoms with E-state index >= 15 is 0 Å². The van der Waals surface area contributed by atoms with Crippen molar-refractivity contribution >= 4 is 6.08 Å². The van der Waals surface area contributed by atoms with Crippen molar-refractivity contribution in [3.63, 3.8) is 0 Å². The van der Waals surface area contributed by atoms with E-state index in [1.807, 2.05) is 6.20 Å². The molecule has 2 rings (SSSR count). The van der Waals surface area contributed by atoms with E-state index in [0.717, 1.165) is 6.42 Å². The van der Waals surface area contributed by atoms with Crippen LogP contribution in [0.25, 0.3) is 6.08 Å². The molecule has 1 aliphatic carbocycles. The molecule has 13 heavy (non-hydrogen) atoms. The van der Waals surface area contributed by atoms with Gasteiger partial charge in [-0.2, -0.15) is 0 Å². The molecule has 0 fully saturated rings. The molecule has 0 aromatic carbocycles. The lowest BCUT2D eigenvalue weighted by Gasteiger charge is -2.19. The second kappa shape index (κ2) is 2.66. The lowest BCUT2D eigenvalue weighted by molar-refractivity contribution is 0.497. The Labute approximate surface area is 78.7 Å². The fraction of sp³-hybridized carbons (Fsp3) is 0.455. The van der Waals surface area contributed by atoms with Crippen molar-refractivity contribution in [2.45, 2.75) is 27.2 Å². The second-order valence-electron chi connectivity index (χ2n) is 4.52. The van der Waals surface area contributed by atoms with Gasteiger partial charge in [0.25, 0.3) is 0 Å². The molecular weight excluding hydrogens is 160 g/mol. The zero-order chi connectivity index (χ0) is 9.47. The summed E-state index contributed by atoms with van der Waals surface area (Å²) in [5.74, 6) is 0. The Bertz CT molecular complexity index is 359. The van der Waals surface area contributed by atoms with Crippen LogP contribution in [0.3, 0.4) is 0 Å². The van der Waals surface area contributed by atoms with Crippen LogP contribution in [-0.2, 0) is 6.42 Å². The van der Waals surface area contributed by atoms with Crippen LogP contribution in [0.1, 0.15) is 32.0 Å². The SMILES string of the molecule is CC(C)(C)C1=Cc2cncnc2C1. The summed E-state index contributed by atoms with van der Waals surface area (Å²) in [7, 11) is 0. The minimum atomic E-state index is 0.251. The highest BCUT2D eigenvalue weighted by atomic mass is 14.8. The predicted molar refractivity (Wildman–Crippen MR) is 53.2 cm³/mol. The van der Waals surface area contributed by atoms with Crippen LogP contribution < -0.4 is 0 Å². The molecule has 0 saturated carbocycles.